The molecule has 0 saturated heterocycles. The van der Waals surface area contributed by atoms with E-state index in [0.29, 0.717) is 0 Å². The molecule has 2 aromatic carbocycles. The van der Waals surface area contributed by atoms with Gasteiger partial charge < -0.3 is 20.1 Å². The van der Waals surface area contributed by atoms with E-state index in [1.165, 1.54) is 0 Å². The van der Waals surface area contributed by atoms with Crippen LogP contribution in [0.3, 0.4) is 0 Å². The molecule has 0 bridgehead atoms. The van der Waals surface area contributed by atoms with Crippen molar-refractivity contribution in [2.45, 2.75) is 0 Å². The fraction of sp³-hybridized carbons (Fsp3) is 0. The van der Waals surface area contributed by atoms with Crippen molar-refractivity contribution in [2.24, 2.45) is 0 Å². The van der Waals surface area contributed by atoms with E-state index in [4.69, 9.17) is 14.8 Å². The number of hydrogen-bond acceptors (Lipinski definition) is 4. The van der Waals surface area contributed by atoms with Crippen LogP contribution in [0.25, 0.3) is 0 Å². The molecule has 3 N–H and O–H groups in total. The van der Waals surface area contributed by atoms with Gasteiger partial charge in [0.15, 0.2) is 11.5 Å². The highest BCUT2D eigenvalue weighted by Gasteiger charge is 2.13. The molecule has 0 aliphatic carbocycles. The van der Waals surface area contributed by atoms with Gasteiger partial charge >= 0.3 is 7.69 Å². The van der Waals surface area contributed by atoms with E-state index in [9.17, 15) is 0 Å². The van der Waals surface area contributed by atoms with Crippen molar-refractivity contribution in [1.82, 2.24) is 0 Å². The predicted octanol–water partition coefficient (Wildman–Crippen LogP) is 1.77. The van der Waals surface area contributed by atoms with E-state index in [-0.39, 0.29) is 0 Å². The third kappa shape index (κ3) is 2.58. The number of hydrogen-bond donors (Lipinski definition) is 3. The summed E-state index contributed by atoms with van der Waals surface area (Å²) in [5.41, 5.74) is 2.04. The first-order chi connectivity index (χ1) is 8.35. The Balaban J connectivity index is 0.000000329. The highest BCUT2D eigenvalue weighted by atomic mass is 16.5. The molecule has 0 aromatic heterocycles. The molecule has 0 saturated carbocycles. The molecular formula is C12H12BNO3. The highest BCUT2D eigenvalue weighted by molar-refractivity contribution is 6.13. The molecule has 17 heavy (non-hydrogen) atoms. The van der Waals surface area contributed by atoms with Crippen LogP contribution in [0.5, 0.6) is 11.5 Å². The Hall–Kier alpha value is -1.98. The zero-order valence-corrected chi connectivity index (χ0v) is 9.13. The molecule has 0 amide bonds. The van der Waals surface area contributed by atoms with Crippen LogP contribution in [0.15, 0.2) is 48.5 Å². The van der Waals surface area contributed by atoms with Gasteiger partial charge in [0.05, 0.1) is 11.4 Å². The van der Waals surface area contributed by atoms with Gasteiger partial charge in [-0.2, -0.15) is 0 Å². The maximum atomic E-state index is 7.12. The molecule has 0 unspecified atom stereocenters. The summed E-state index contributed by atoms with van der Waals surface area (Å²) in [7, 11) is -0.750. The van der Waals surface area contributed by atoms with Crippen LogP contribution < -0.4 is 10.1 Å². The van der Waals surface area contributed by atoms with Crippen molar-refractivity contribution in [3.8, 4) is 11.5 Å². The number of anilines is 2. The zero-order valence-electron chi connectivity index (χ0n) is 9.13. The van der Waals surface area contributed by atoms with Gasteiger partial charge in [0.1, 0.15) is 0 Å². The number of para-hydroxylation sites is 4. The monoisotopic (exact) mass is 229 g/mol. The zero-order chi connectivity index (χ0) is 12.1. The van der Waals surface area contributed by atoms with E-state index in [1.807, 2.05) is 48.5 Å². The summed E-state index contributed by atoms with van der Waals surface area (Å²) in [5.74, 6) is 1.76. The highest BCUT2D eigenvalue weighted by Crippen LogP contribution is 2.40. The van der Waals surface area contributed by atoms with Gasteiger partial charge in [0.25, 0.3) is 0 Å². The van der Waals surface area contributed by atoms with Crippen LogP contribution in [0, 0.1) is 0 Å². The van der Waals surface area contributed by atoms with E-state index < -0.39 is 7.69 Å². The summed E-state index contributed by atoms with van der Waals surface area (Å²) in [6, 6.07) is 15.8. The van der Waals surface area contributed by atoms with Gasteiger partial charge in [-0.15, -0.1) is 0 Å². The summed E-state index contributed by atoms with van der Waals surface area (Å²) in [6.45, 7) is 0. The fourth-order valence-corrected chi connectivity index (χ4v) is 1.58. The largest absolute Gasteiger partial charge is 0.453 e. The second-order valence-corrected chi connectivity index (χ2v) is 3.36. The lowest BCUT2D eigenvalue weighted by Gasteiger charge is -2.20. The quantitative estimate of drug-likeness (QED) is 0.514. The molecule has 2 aromatic rings. The Labute approximate surface area is 99.8 Å². The first-order valence-corrected chi connectivity index (χ1v) is 5.20. The number of benzene rings is 2. The smallest absolute Gasteiger partial charge is 0.432 e. The maximum absolute atomic E-state index is 7.12. The Morgan fingerprint density at radius 3 is 1.71 bits per heavy atom. The molecule has 3 rings (SSSR count). The molecule has 0 radical (unpaired) electrons. The van der Waals surface area contributed by atoms with Gasteiger partial charge in [-0.05, 0) is 24.3 Å². The van der Waals surface area contributed by atoms with Gasteiger partial charge in [-0.1, -0.05) is 24.3 Å². The van der Waals surface area contributed by atoms with Crippen molar-refractivity contribution in [2.75, 3.05) is 5.32 Å². The minimum atomic E-state index is -0.750. The second-order valence-electron chi connectivity index (χ2n) is 3.36. The fourth-order valence-electron chi connectivity index (χ4n) is 1.58. The Bertz CT molecular complexity index is 417. The van der Waals surface area contributed by atoms with Gasteiger partial charge in [-0.3, -0.25) is 0 Å². The first kappa shape index (κ1) is 11.5. The minimum Gasteiger partial charge on any atom is -0.453 e. The van der Waals surface area contributed by atoms with E-state index in [2.05, 4.69) is 5.32 Å². The molecule has 5 heteroatoms. The Morgan fingerprint density at radius 2 is 1.24 bits per heavy atom. The number of ether oxygens (including phenoxy) is 1. The normalized spacial score (nSPS) is 10.7. The number of rotatable bonds is 0. The molecule has 1 heterocycles. The summed E-state index contributed by atoms with van der Waals surface area (Å²) in [5, 5.41) is 17.6. The van der Waals surface area contributed by atoms with Crippen LogP contribution in [0.2, 0.25) is 0 Å². The van der Waals surface area contributed by atoms with Crippen LogP contribution in [0.4, 0.5) is 11.4 Å². The molecule has 0 fully saturated rings. The summed E-state index contributed by atoms with van der Waals surface area (Å²) < 4.78 is 5.71. The average Bonchev–Trinajstić information content (AvgIpc) is 2.37. The van der Waals surface area contributed by atoms with Gasteiger partial charge in [0.2, 0.25) is 0 Å². The average molecular weight is 229 g/mol. The van der Waals surface area contributed by atoms with Gasteiger partial charge in [-0.25, -0.2) is 0 Å². The second kappa shape index (κ2) is 5.38. The SMILES string of the molecule is OBO.c1ccc2c(c1)Nc1ccccc1O2. The summed E-state index contributed by atoms with van der Waals surface area (Å²) >= 11 is 0. The first-order valence-electron chi connectivity index (χ1n) is 5.20. The van der Waals surface area contributed by atoms with Crippen molar-refractivity contribution >= 4 is 19.1 Å². The molecular weight excluding hydrogens is 217 g/mol. The van der Waals surface area contributed by atoms with Crippen molar-refractivity contribution < 1.29 is 14.8 Å². The third-order valence-electron chi connectivity index (χ3n) is 2.26. The van der Waals surface area contributed by atoms with Gasteiger partial charge in [0, 0.05) is 0 Å². The standard InChI is InChI=1S/C12H9NO.BH3O2/c1-3-7-11-9(5-1)13-10-6-2-4-8-12(10)14-11;2-1-3/h1-8,13H;1-3H. The summed E-state index contributed by atoms with van der Waals surface area (Å²) in [6.07, 6.45) is 0. The summed E-state index contributed by atoms with van der Waals surface area (Å²) in [4.78, 5) is 0. The van der Waals surface area contributed by atoms with E-state index >= 15 is 0 Å². The molecule has 0 spiro atoms. The minimum absolute atomic E-state index is 0.750. The van der Waals surface area contributed by atoms with Crippen LogP contribution in [0.1, 0.15) is 0 Å². The Kier molecular flexibility index (Phi) is 3.64. The van der Waals surface area contributed by atoms with Crippen molar-refractivity contribution in [3.05, 3.63) is 48.5 Å². The molecule has 1 aliphatic heterocycles. The lowest BCUT2D eigenvalue weighted by molar-refractivity contribution is 0.448. The van der Waals surface area contributed by atoms with Crippen molar-refractivity contribution in [3.63, 3.8) is 0 Å². The van der Waals surface area contributed by atoms with E-state index in [1.54, 1.807) is 0 Å². The topological polar surface area (TPSA) is 61.7 Å². The van der Waals surface area contributed by atoms with Crippen LogP contribution in [-0.4, -0.2) is 17.7 Å². The molecule has 1 aliphatic rings. The van der Waals surface area contributed by atoms with E-state index in [0.717, 1.165) is 22.9 Å². The maximum Gasteiger partial charge on any atom is 0.432 e. The van der Waals surface area contributed by atoms with Crippen LogP contribution >= 0.6 is 0 Å². The molecule has 4 nitrogen and oxygen atoms in total. The van der Waals surface area contributed by atoms with Crippen LogP contribution in [-0.2, 0) is 0 Å². The predicted molar refractivity (Wildman–Crippen MR) is 67.8 cm³/mol. The van der Waals surface area contributed by atoms with Crippen molar-refractivity contribution in [1.29, 1.82) is 0 Å². The lowest BCUT2D eigenvalue weighted by atomic mass is 10.2. The third-order valence-corrected chi connectivity index (χ3v) is 2.26. The Morgan fingerprint density at radius 1 is 0.824 bits per heavy atom. The number of nitrogens with one attached hydrogen (secondary N) is 1. The number of fused-ring (bicyclic) bond motifs is 2. The molecule has 86 valence electrons. The lowest BCUT2D eigenvalue weighted by Crippen LogP contribution is -2.01. The molecule has 0 atom stereocenters.